The van der Waals surface area contributed by atoms with Crippen LogP contribution in [0.25, 0.3) is 22.8 Å². The molecule has 2 aromatic carbocycles. The Labute approximate surface area is 117 Å². The van der Waals surface area contributed by atoms with Gasteiger partial charge in [0, 0.05) is 11.1 Å². The van der Waals surface area contributed by atoms with Gasteiger partial charge in [-0.15, -0.1) is 0 Å². The Hall–Kier alpha value is -2.34. The molecule has 0 saturated carbocycles. The predicted octanol–water partition coefficient (Wildman–Crippen LogP) is 3.83. The summed E-state index contributed by atoms with van der Waals surface area (Å²) < 4.78 is 34.0. The second kappa shape index (κ2) is 5.34. The lowest BCUT2D eigenvalue weighted by Crippen LogP contribution is -1.93. The van der Waals surface area contributed by atoms with Crippen LogP contribution in [0.1, 0.15) is 0 Å². The quantitative estimate of drug-likeness (QED) is 0.673. The van der Waals surface area contributed by atoms with Gasteiger partial charge in [0.25, 0.3) is 0 Å². The fourth-order valence-electron chi connectivity index (χ4n) is 1.67. The molecule has 1 heterocycles. The van der Waals surface area contributed by atoms with E-state index in [0.29, 0.717) is 22.8 Å². The first-order valence-electron chi connectivity index (χ1n) is 5.78. The molecular weight excluding hydrogens is 280 g/mol. The van der Waals surface area contributed by atoms with Crippen LogP contribution >= 0.6 is 11.7 Å². The Morgan fingerprint density at radius 3 is 1.45 bits per heavy atom. The first-order chi connectivity index (χ1) is 9.72. The van der Waals surface area contributed by atoms with E-state index in [0.717, 1.165) is 11.7 Å². The third-order valence-corrected chi connectivity index (χ3v) is 3.18. The molecule has 0 N–H and O–H groups in total. The summed E-state index contributed by atoms with van der Waals surface area (Å²) in [5.41, 5.74) is 1.40. The van der Waals surface area contributed by atoms with Crippen LogP contribution < -0.4 is 0 Å². The van der Waals surface area contributed by atoms with E-state index in [-0.39, 0.29) is 11.6 Å². The highest BCUT2D eigenvalue weighted by Crippen LogP contribution is 2.20. The molecule has 3 aromatic rings. The average molecular weight is 288 g/mol. The number of aromatic nitrogens is 3. The molecule has 0 bridgehead atoms. The summed E-state index contributed by atoms with van der Waals surface area (Å²) in [4.78, 5) is 4.32. The van der Waals surface area contributed by atoms with E-state index in [1.807, 2.05) is 0 Å². The number of benzene rings is 2. The third-order valence-electron chi connectivity index (χ3n) is 2.67. The number of rotatable bonds is 2. The molecular formula is C14H8F2N3S+. The molecule has 0 saturated heterocycles. The molecule has 0 aliphatic carbocycles. The maximum Gasteiger partial charge on any atom is 0.511 e. The smallest absolute Gasteiger partial charge is 0.207 e. The Bertz CT molecular complexity index is 669. The second-order valence-electron chi connectivity index (χ2n) is 4.04. The summed E-state index contributed by atoms with van der Waals surface area (Å²) >= 11 is 1.00. The highest BCUT2D eigenvalue weighted by atomic mass is 32.1. The van der Waals surface area contributed by atoms with Gasteiger partial charge in [0.2, 0.25) is 11.6 Å². The lowest BCUT2D eigenvalue weighted by molar-refractivity contribution is 0.627. The molecule has 0 fully saturated rings. The maximum atomic E-state index is 12.9. The van der Waals surface area contributed by atoms with Crippen LogP contribution in [-0.4, -0.2) is 13.7 Å². The minimum absolute atomic E-state index is 0.315. The fourth-order valence-corrected chi connectivity index (χ4v) is 2.16. The zero-order valence-electron chi connectivity index (χ0n) is 10.1. The summed E-state index contributed by atoms with van der Waals surface area (Å²) in [7, 11) is 0. The van der Waals surface area contributed by atoms with Gasteiger partial charge in [0.1, 0.15) is 11.6 Å². The van der Waals surface area contributed by atoms with Crippen LogP contribution in [0.2, 0.25) is 0 Å². The second-order valence-corrected chi connectivity index (χ2v) is 4.57. The Kier molecular flexibility index (Phi) is 3.39. The normalized spacial score (nSPS) is 10.5. The van der Waals surface area contributed by atoms with Crippen molar-refractivity contribution in [2.45, 2.75) is 0 Å². The summed E-state index contributed by atoms with van der Waals surface area (Å²) in [6.07, 6.45) is 0. The lowest BCUT2D eigenvalue weighted by atomic mass is 10.2. The van der Waals surface area contributed by atoms with Crippen molar-refractivity contribution in [1.29, 1.82) is 0 Å². The van der Waals surface area contributed by atoms with E-state index in [2.05, 4.69) is 13.7 Å². The topological polar surface area (TPSA) is 38.7 Å². The van der Waals surface area contributed by atoms with Crippen molar-refractivity contribution in [3.8, 4) is 22.8 Å². The van der Waals surface area contributed by atoms with Crippen LogP contribution in [0, 0.1) is 11.6 Å². The standard InChI is InChI=1S/C14H8F2N3S/c15-11-5-1-9(2-6-11)13-17-14(19-20-18-13)10-3-7-12(16)8-4-10/h1-8H/q+1. The molecule has 3 nitrogen and oxygen atoms in total. The van der Waals surface area contributed by atoms with Crippen molar-refractivity contribution >= 4 is 11.7 Å². The van der Waals surface area contributed by atoms with Crippen LogP contribution in [0.15, 0.2) is 48.5 Å². The molecule has 0 radical (unpaired) electrons. The van der Waals surface area contributed by atoms with E-state index < -0.39 is 0 Å². The van der Waals surface area contributed by atoms with Crippen LogP contribution in [0.4, 0.5) is 8.78 Å². The molecule has 98 valence electrons. The minimum Gasteiger partial charge on any atom is -0.207 e. The van der Waals surface area contributed by atoms with E-state index in [1.54, 1.807) is 24.3 Å². The molecule has 0 amide bonds. The summed E-state index contributed by atoms with van der Waals surface area (Å²) in [5, 5.41) is 0. The number of nitrogens with zero attached hydrogens (tertiary/aromatic N) is 3. The number of hydrogen-bond donors (Lipinski definition) is 0. The van der Waals surface area contributed by atoms with Crippen LogP contribution in [0.3, 0.4) is 0 Å². The van der Waals surface area contributed by atoms with Gasteiger partial charge >= 0.3 is 11.7 Å². The monoisotopic (exact) mass is 288 g/mol. The molecule has 1 aromatic heterocycles. The number of hydrogen-bond acceptors (Lipinski definition) is 3. The zero-order valence-corrected chi connectivity index (χ0v) is 10.9. The minimum atomic E-state index is -0.315. The maximum absolute atomic E-state index is 12.9. The molecule has 0 atom stereocenters. The lowest BCUT2D eigenvalue weighted by Gasteiger charge is -1.98. The SMILES string of the molecule is Fc1ccc(-c2n[s+]nc(-c3ccc(F)cc3)n2)cc1. The van der Waals surface area contributed by atoms with Gasteiger partial charge in [0.05, 0.1) is 8.75 Å². The van der Waals surface area contributed by atoms with Crippen molar-refractivity contribution in [3.05, 3.63) is 60.2 Å². The highest BCUT2D eigenvalue weighted by Gasteiger charge is 2.13. The van der Waals surface area contributed by atoms with Crippen LogP contribution in [-0.2, 0) is 0 Å². The van der Waals surface area contributed by atoms with Crippen molar-refractivity contribution in [2.24, 2.45) is 0 Å². The molecule has 20 heavy (non-hydrogen) atoms. The predicted molar refractivity (Wildman–Crippen MR) is 72.9 cm³/mol. The third kappa shape index (κ3) is 2.65. The van der Waals surface area contributed by atoms with Gasteiger partial charge in [-0.05, 0) is 48.5 Å². The summed E-state index contributed by atoms with van der Waals surface area (Å²) in [6.45, 7) is 0. The molecule has 6 heteroatoms. The van der Waals surface area contributed by atoms with E-state index >= 15 is 0 Å². The first-order valence-corrected chi connectivity index (χ1v) is 6.51. The van der Waals surface area contributed by atoms with Crippen LogP contribution in [0.5, 0.6) is 0 Å². The highest BCUT2D eigenvalue weighted by molar-refractivity contribution is 6.99. The molecule has 3 rings (SSSR count). The van der Waals surface area contributed by atoms with Crippen molar-refractivity contribution < 1.29 is 8.78 Å². The molecule has 0 spiro atoms. The Balaban J connectivity index is 2.01. The fraction of sp³-hybridized carbons (Fsp3) is 0. The largest absolute Gasteiger partial charge is 0.511 e. The van der Waals surface area contributed by atoms with Gasteiger partial charge < -0.3 is 0 Å². The molecule has 0 unspecified atom stereocenters. The van der Waals surface area contributed by atoms with Gasteiger partial charge in [-0.2, -0.15) is 4.98 Å². The van der Waals surface area contributed by atoms with E-state index in [4.69, 9.17) is 0 Å². The van der Waals surface area contributed by atoms with E-state index in [1.165, 1.54) is 24.3 Å². The Morgan fingerprint density at radius 2 is 1.05 bits per heavy atom. The zero-order chi connectivity index (χ0) is 13.9. The van der Waals surface area contributed by atoms with Crippen molar-refractivity contribution in [1.82, 2.24) is 13.7 Å². The average Bonchev–Trinajstić information content (AvgIpc) is 2.49. The van der Waals surface area contributed by atoms with Crippen molar-refractivity contribution in [3.63, 3.8) is 0 Å². The summed E-state index contributed by atoms with van der Waals surface area (Å²) in [5.74, 6) is 0.295. The summed E-state index contributed by atoms with van der Waals surface area (Å²) in [6, 6.07) is 11.8. The van der Waals surface area contributed by atoms with Gasteiger partial charge in [-0.1, -0.05) is 0 Å². The van der Waals surface area contributed by atoms with Crippen molar-refractivity contribution in [2.75, 3.05) is 0 Å². The Morgan fingerprint density at radius 1 is 0.650 bits per heavy atom. The van der Waals surface area contributed by atoms with Gasteiger partial charge in [0.15, 0.2) is 0 Å². The van der Waals surface area contributed by atoms with Gasteiger partial charge in [-0.3, -0.25) is 0 Å². The first kappa shape index (κ1) is 12.7. The number of halogens is 2. The molecule has 0 aliphatic heterocycles. The molecule has 0 aliphatic rings. The van der Waals surface area contributed by atoms with Gasteiger partial charge in [-0.25, -0.2) is 8.78 Å². The van der Waals surface area contributed by atoms with E-state index in [9.17, 15) is 8.78 Å².